The van der Waals surface area contributed by atoms with Crippen LogP contribution in [0.5, 0.6) is 0 Å². The minimum absolute atomic E-state index is 0.0875. The molecule has 24 heavy (non-hydrogen) atoms. The largest absolute Gasteiger partial charge is 0.368 e. The number of anilines is 1. The Balaban J connectivity index is 1.59. The fraction of sp³-hybridized carbons (Fsp3) is 0.316. The maximum absolute atomic E-state index is 13.0. The van der Waals surface area contributed by atoms with E-state index >= 15 is 0 Å². The van der Waals surface area contributed by atoms with Crippen LogP contribution in [0.1, 0.15) is 15.9 Å². The molecule has 0 bridgehead atoms. The highest BCUT2D eigenvalue weighted by Crippen LogP contribution is 2.18. The Hall–Kier alpha value is -2.01. The van der Waals surface area contributed by atoms with E-state index in [1.54, 1.807) is 23.9 Å². The van der Waals surface area contributed by atoms with Gasteiger partial charge >= 0.3 is 0 Å². The molecule has 1 fully saturated rings. The normalized spacial score (nSPS) is 14.8. The molecule has 126 valence electrons. The van der Waals surface area contributed by atoms with Crippen molar-refractivity contribution in [2.75, 3.05) is 37.3 Å². The molecule has 2 aromatic carbocycles. The van der Waals surface area contributed by atoms with E-state index in [9.17, 15) is 9.18 Å². The minimum Gasteiger partial charge on any atom is -0.368 e. The zero-order chi connectivity index (χ0) is 16.9. The number of hydrogen-bond acceptors (Lipinski definition) is 3. The first kappa shape index (κ1) is 16.8. The number of piperazine rings is 1. The van der Waals surface area contributed by atoms with E-state index in [0.29, 0.717) is 13.1 Å². The number of carbonyl (C=O) groups excluding carboxylic acids is 1. The van der Waals surface area contributed by atoms with Crippen molar-refractivity contribution in [1.82, 2.24) is 4.90 Å². The predicted molar refractivity (Wildman–Crippen MR) is 98.2 cm³/mol. The van der Waals surface area contributed by atoms with Gasteiger partial charge in [-0.05, 0) is 48.2 Å². The van der Waals surface area contributed by atoms with Gasteiger partial charge in [0.25, 0.3) is 5.91 Å². The van der Waals surface area contributed by atoms with Gasteiger partial charge in [0.1, 0.15) is 5.82 Å². The second-order valence-corrected chi connectivity index (χ2v) is 6.75. The number of hydrogen-bond donors (Lipinski definition) is 0. The molecular weight excluding hydrogens is 323 g/mol. The lowest BCUT2D eigenvalue weighted by atomic mass is 10.1. The predicted octanol–water partition coefficient (Wildman–Crippen LogP) is 3.65. The van der Waals surface area contributed by atoms with Crippen LogP contribution >= 0.6 is 11.8 Å². The van der Waals surface area contributed by atoms with Crippen molar-refractivity contribution >= 4 is 23.4 Å². The molecule has 0 atom stereocenters. The maximum Gasteiger partial charge on any atom is 0.253 e. The molecule has 1 amide bonds. The lowest BCUT2D eigenvalue weighted by molar-refractivity contribution is 0.0747. The molecule has 0 aromatic heterocycles. The highest BCUT2D eigenvalue weighted by atomic mass is 32.2. The molecule has 0 aliphatic carbocycles. The van der Waals surface area contributed by atoms with E-state index in [-0.39, 0.29) is 11.7 Å². The molecule has 0 unspecified atom stereocenters. The van der Waals surface area contributed by atoms with Gasteiger partial charge in [0.15, 0.2) is 0 Å². The molecule has 1 aliphatic rings. The van der Waals surface area contributed by atoms with Gasteiger partial charge in [-0.25, -0.2) is 4.39 Å². The zero-order valence-electron chi connectivity index (χ0n) is 13.7. The number of benzene rings is 2. The molecule has 0 saturated carbocycles. The van der Waals surface area contributed by atoms with Crippen molar-refractivity contribution in [3.63, 3.8) is 0 Å². The Kier molecular flexibility index (Phi) is 5.41. The van der Waals surface area contributed by atoms with Crippen molar-refractivity contribution in [2.24, 2.45) is 0 Å². The summed E-state index contributed by atoms with van der Waals surface area (Å²) < 4.78 is 13.0. The summed E-state index contributed by atoms with van der Waals surface area (Å²) in [5.41, 5.74) is 2.99. The quantitative estimate of drug-likeness (QED) is 0.846. The van der Waals surface area contributed by atoms with Crippen molar-refractivity contribution in [3.8, 4) is 0 Å². The third kappa shape index (κ3) is 3.90. The summed E-state index contributed by atoms with van der Waals surface area (Å²) in [7, 11) is 0. The first-order chi connectivity index (χ1) is 11.7. The number of halogens is 1. The third-order valence-electron chi connectivity index (χ3n) is 4.27. The maximum atomic E-state index is 13.0. The zero-order valence-corrected chi connectivity index (χ0v) is 14.6. The van der Waals surface area contributed by atoms with Crippen LogP contribution in [0.25, 0.3) is 0 Å². The van der Waals surface area contributed by atoms with Gasteiger partial charge in [0.05, 0.1) is 0 Å². The molecule has 0 spiro atoms. The summed E-state index contributed by atoms with van der Waals surface area (Å²) >= 11 is 1.77. The average Bonchev–Trinajstić information content (AvgIpc) is 2.63. The number of carbonyl (C=O) groups is 1. The van der Waals surface area contributed by atoms with Crippen LogP contribution in [0.3, 0.4) is 0 Å². The minimum atomic E-state index is -0.225. The van der Waals surface area contributed by atoms with Crippen LogP contribution in [0.15, 0.2) is 48.5 Å². The standard InChI is InChI=1S/C19H21FN2OS/c1-24-14-15-2-4-16(5-3-15)19(23)22-12-10-21(11-13-22)18-8-6-17(20)7-9-18/h2-9H,10-14H2,1H3. The molecule has 2 aromatic rings. The third-order valence-corrected chi connectivity index (χ3v) is 4.89. The summed E-state index contributed by atoms with van der Waals surface area (Å²) in [4.78, 5) is 16.7. The number of rotatable bonds is 4. The number of amides is 1. The van der Waals surface area contributed by atoms with E-state index in [1.807, 2.05) is 29.2 Å². The molecule has 1 heterocycles. The van der Waals surface area contributed by atoms with Gasteiger partial charge < -0.3 is 9.80 Å². The van der Waals surface area contributed by atoms with Crippen LogP contribution in [0.2, 0.25) is 0 Å². The first-order valence-electron chi connectivity index (χ1n) is 8.05. The van der Waals surface area contributed by atoms with Crippen molar-refractivity contribution in [3.05, 3.63) is 65.5 Å². The van der Waals surface area contributed by atoms with Gasteiger partial charge in [0, 0.05) is 43.2 Å². The lowest BCUT2D eigenvalue weighted by Crippen LogP contribution is -2.48. The second-order valence-electron chi connectivity index (χ2n) is 5.89. The molecule has 0 radical (unpaired) electrons. The highest BCUT2D eigenvalue weighted by molar-refractivity contribution is 7.97. The van der Waals surface area contributed by atoms with Gasteiger partial charge in [-0.15, -0.1) is 0 Å². The Morgan fingerprint density at radius 2 is 1.62 bits per heavy atom. The van der Waals surface area contributed by atoms with Crippen LogP contribution in [0, 0.1) is 5.82 Å². The van der Waals surface area contributed by atoms with Crippen LogP contribution in [0.4, 0.5) is 10.1 Å². The number of thioether (sulfide) groups is 1. The van der Waals surface area contributed by atoms with Gasteiger partial charge in [-0.3, -0.25) is 4.79 Å². The van der Waals surface area contributed by atoms with Crippen LogP contribution < -0.4 is 4.90 Å². The fourth-order valence-corrected chi connectivity index (χ4v) is 3.44. The summed E-state index contributed by atoms with van der Waals surface area (Å²) in [6.45, 7) is 2.90. The van der Waals surface area contributed by atoms with Gasteiger partial charge in [-0.2, -0.15) is 11.8 Å². The fourth-order valence-electron chi connectivity index (χ4n) is 2.91. The summed E-state index contributed by atoms with van der Waals surface area (Å²) in [6, 6.07) is 14.4. The number of nitrogens with zero attached hydrogens (tertiary/aromatic N) is 2. The molecule has 1 saturated heterocycles. The van der Waals surface area contributed by atoms with E-state index < -0.39 is 0 Å². The van der Waals surface area contributed by atoms with Crippen molar-refractivity contribution < 1.29 is 9.18 Å². The summed E-state index contributed by atoms with van der Waals surface area (Å²) in [6.07, 6.45) is 2.07. The van der Waals surface area contributed by atoms with E-state index in [2.05, 4.69) is 11.2 Å². The Labute approximate surface area is 146 Å². The molecule has 1 aliphatic heterocycles. The smallest absolute Gasteiger partial charge is 0.253 e. The van der Waals surface area contributed by atoms with E-state index in [4.69, 9.17) is 0 Å². The van der Waals surface area contributed by atoms with E-state index in [1.165, 1.54) is 17.7 Å². The first-order valence-corrected chi connectivity index (χ1v) is 9.44. The van der Waals surface area contributed by atoms with Crippen LogP contribution in [-0.2, 0) is 5.75 Å². The van der Waals surface area contributed by atoms with Gasteiger partial charge in [0.2, 0.25) is 0 Å². The average molecular weight is 344 g/mol. The van der Waals surface area contributed by atoms with Crippen LogP contribution in [-0.4, -0.2) is 43.2 Å². The van der Waals surface area contributed by atoms with E-state index in [0.717, 1.165) is 30.1 Å². The Bertz CT molecular complexity index is 680. The molecule has 3 nitrogen and oxygen atoms in total. The SMILES string of the molecule is CSCc1ccc(C(=O)N2CCN(c3ccc(F)cc3)CC2)cc1. The van der Waals surface area contributed by atoms with Crippen molar-refractivity contribution in [1.29, 1.82) is 0 Å². The Morgan fingerprint density at radius 1 is 1.00 bits per heavy atom. The molecule has 5 heteroatoms. The molecule has 0 N–H and O–H groups in total. The topological polar surface area (TPSA) is 23.6 Å². The Morgan fingerprint density at radius 3 is 2.21 bits per heavy atom. The molecule has 3 rings (SSSR count). The van der Waals surface area contributed by atoms with Crippen molar-refractivity contribution in [2.45, 2.75) is 5.75 Å². The monoisotopic (exact) mass is 344 g/mol. The molecular formula is C19H21FN2OS. The highest BCUT2D eigenvalue weighted by Gasteiger charge is 2.22. The summed E-state index contributed by atoms with van der Waals surface area (Å²) in [5, 5.41) is 0. The van der Waals surface area contributed by atoms with Gasteiger partial charge in [-0.1, -0.05) is 12.1 Å². The summed E-state index contributed by atoms with van der Waals surface area (Å²) in [5.74, 6) is 0.826. The second kappa shape index (κ2) is 7.71. The lowest BCUT2D eigenvalue weighted by Gasteiger charge is -2.36.